The second-order valence-corrected chi connectivity index (χ2v) is 8.70. The van der Waals surface area contributed by atoms with Crippen molar-refractivity contribution in [3.63, 3.8) is 0 Å². The molecule has 0 radical (unpaired) electrons. The highest BCUT2D eigenvalue weighted by Crippen LogP contribution is 2.30. The van der Waals surface area contributed by atoms with E-state index in [2.05, 4.69) is 42.4 Å². The summed E-state index contributed by atoms with van der Waals surface area (Å²) in [5.74, 6) is 0.538. The van der Waals surface area contributed by atoms with E-state index in [-0.39, 0.29) is 11.3 Å². The molecule has 2 aromatic heterocycles. The molecule has 1 saturated carbocycles. The number of hydrogen-bond acceptors (Lipinski definition) is 4. The third-order valence-electron chi connectivity index (χ3n) is 4.47. The molecule has 0 saturated heterocycles. The maximum absolute atomic E-state index is 12.5. The summed E-state index contributed by atoms with van der Waals surface area (Å²) in [4.78, 5) is 17.5. The number of nitrogens with zero attached hydrogens (tertiary/aromatic N) is 3. The number of anilines is 1. The van der Waals surface area contributed by atoms with Crippen LogP contribution in [0.1, 0.15) is 79.2 Å². The van der Waals surface area contributed by atoms with Gasteiger partial charge in [-0.1, -0.05) is 40.0 Å². The van der Waals surface area contributed by atoms with Crippen LogP contribution in [0.25, 0.3) is 0 Å². The second kappa shape index (κ2) is 6.67. The number of carbonyl (C=O) groups excluding carboxylic acids is 1. The summed E-state index contributed by atoms with van der Waals surface area (Å²) < 4.78 is 2.04. The molecule has 1 aliphatic carbocycles. The zero-order valence-electron chi connectivity index (χ0n) is 14.9. The predicted octanol–water partition coefficient (Wildman–Crippen LogP) is 4.70. The number of nitrogens with one attached hydrogen (secondary N) is 1. The highest BCUT2D eigenvalue weighted by atomic mass is 32.1. The van der Waals surface area contributed by atoms with Gasteiger partial charge in [-0.2, -0.15) is 5.10 Å². The molecule has 1 aliphatic rings. The number of amides is 1. The van der Waals surface area contributed by atoms with Gasteiger partial charge in [-0.3, -0.25) is 9.48 Å². The van der Waals surface area contributed by atoms with Crippen LogP contribution in [0.15, 0.2) is 12.4 Å². The van der Waals surface area contributed by atoms with Crippen LogP contribution in [0.4, 0.5) is 5.82 Å². The average molecular weight is 347 g/mol. The van der Waals surface area contributed by atoms with Crippen LogP contribution < -0.4 is 5.32 Å². The monoisotopic (exact) mass is 346 g/mol. The molecule has 0 spiro atoms. The van der Waals surface area contributed by atoms with Gasteiger partial charge in [0.25, 0.3) is 5.91 Å². The number of hydrogen-bond donors (Lipinski definition) is 1. The Kier molecular flexibility index (Phi) is 4.76. The summed E-state index contributed by atoms with van der Waals surface area (Å²) in [6, 6.07) is 0.471. The second-order valence-electron chi connectivity index (χ2n) is 7.67. The Morgan fingerprint density at radius 2 is 2.00 bits per heavy atom. The van der Waals surface area contributed by atoms with Crippen molar-refractivity contribution in [3.8, 4) is 0 Å². The lowest BCUT2D eigenvalue weighted by Gasteiger charge is -2.21. The SMILES string of the molecule is Cc1cn(C2CCCCC2)nc1NC(=O)c1cnc(C(C)(C)C)s1. The van der Waals surface area contributed by atoms with Gasteiger partial charge in [0.2, 0.25) is 0 Å². The Bertz CT molecular complexity index is 720. The summed E-state index contributed by atoms with van der Waals surface area (Å²) in [5.41, 5.74) is 0.969. The molecule has 6 heteroatoms. The topological polar surface area (TPSA) is 59.8 Å². The molecule has 1 amide bonds. The Labute approximate surface area is 147 Å². The molecule has 1 N–H and O–H groups in total. The minimum atomic E-state index is -0.125. The van der Waals surface area contributed by atoms with Gasteiger partial charge >= 0.3 is 0 Å². The highest BCUT2D eigenvalue weighted by molar-refractivity contribution is 7.13. The number of rotatable bonds is 3. The normalized spacial score (nSPS) is 16.3. The van der Waals surface area contributed by atoms with Crippen molar-refractivity contribution in [2.75, 3.05) is 5.32 Å². The fourth-order valence-electron chi connectivity index (χ4n) is 3.03. The molecule has 2 aromatic rings. The Morgan fingerprint density at radius 3 is 2.62 bits per heavy atom. The van der Waals surface area contributed by atoms with E-state index in [4.69, 9.17) is 0 Å². The summed E-state index contributed by atoms with van der Waals surface area (Å²) in [7, 11) is 0. The van der Waals surface area contributed by atoms with Crippen LogP contribution in [0, 0.1) is 6.92 Å². The van der Waals surface area contributed by atoms with Gasteiger partial charge in [-0.25, -0.2) is 4.98 Å². The molecule has 0 unspecified atom stereocenters. The Balaban J connectivity index is 1.72. The van der Waals surface area contributed by atoms with E-state index in [9.17, 15) is 4.79 Å². The molecule has 0 aromatic carbocycles. The van der Waals surface area contributed by atoms with Crippen LogP contribution in [0.2, 0.25) is 0 Å². The van der Waals surface area contributed by atoms with Crippen LogP contribution in [-0.2, 0) is 5.41 Å². The van der Waals surface area contributed by atoms with Gasteiger partial charge in [0.1, 0.15) is 4.88 Å². The van der Waals surface area contributed by atoms with Crippen LogP contribution in [-0.4, -0.2) is 20.7 Å². The van der Waals surface area contributed by atoms with Gasteiger partial charge in [0, 0.05) is 17.2 Å². The lowest BCUT2D eigenvalue weighted by Crippen LogP contribution is -2.15. The number of aryl methyl sites for hydroxylation is 1. The van der Waals surface area contributed by atoms with E-state index in [1.807, 2.05) is 11.6 Å². The average Bonchev–Trinajstić information content (AvgIpc) is 3.16. The molecule has 2 heterocycles. The lowest BCUT2D eigenvalue weighted by atomic mass is 9.96. The summed E-state index contributed by atoms with van der Waals surface area (Å²) >= 11 is 1.45. The van der Waals surface area contributed by atoms with Crippen LogP contribution in [0.5, 0.6) is 0 Å². The van der Waals surface area contributed by atoms with E-state index < -0.39 is 0 Å². The molecule has 5 nitrogen and oxygen atoms in total. The van der Waals surface area contributed by atoms with Gasteiger partial charge in [-0.05, 0) is 19.8 Å². The fourth-order valence-corrected chi connectivity index (χ4v) is 3.90. The Hall–Kier alpha value is -1.69. The van der Waals surface area contributed by atoms with Crippen molar-refractivity contribution in [1.29, 1.82) is 0 Å². The maximum atomic E-state index is 12.5. The lowest BCUT2D eigenvalue weighted by molar-refractivity contribution is 0.102. The van der Waals surface area contributed by atoms with Gasteiger partial charge in [0.05, 0.1) is 17.2 Å². The van der Waals surface area contributed by atoms with E-state index in [0.29, 0.717) is 16.7 Å². The molecule has 0 bridgehead atoms. The van der Waals surface area contributed by atoms with Gasteiger partial charge in [-0.15, -0.1) is 11.3 Å². The maximum Gasteiger partial charge on any atom is 0.268 e. The van der Waals surface area contributed by atoms with Crippen LogP contribution in [0.3, 0.4) is 0 Å². The zero-order valence-corrected chi connectivity index (χ0v) is 15.7. The third kappa shape index (κ3) is 3.69. The standard InChI is InChI=1S/C18H26N4OS/c1-12-11-22(13-8-6-5-7-9-13)21-15(12)20-16(23)14-10-19-17(24-14)18(2,3)4/h10-11,13H,5-9H2,1-4H3,(H,20,21,23). The van der Waals surface area contributed by atoms with Crippen molar-refractivity contribution in [2.45, 2.75) is 71.3 Å². The molecule has 0 aliphatic heterocycles. The van der Waals surface area contributed by atoms with Gasteiger partial charge < -0.3 is 5.32 Å². The van der Waals surface area contributed by atoms with E-state index in [0.717, 1.165) is 10.6 Å². The first-order valence-electron chi connectivity index (χ1n) is 8.68. The first-order chi connectivity index (χ1) is 11.3. The largest absolute Gasteiger partial charge is 0.304 e. The van der Waals surface area contributed by atoms with Crippen molar-refractivity contribution < 1.29 is 4.79 Å². The molecule has 130 valence electrons. The number of carbonyl (C=O) groups is 1. The van der Waals surface area contributed by atoms with Crippen molar-refractivity contribution in [3.05, 3.63) is 27.8 Å². The highest BCUT2D eigenvalue weighted by Gasteiger charge is 2.22. The Morgan fingerprint density at radius 1 is 1.29 bits per heavy atom. The smallest absolute Gasteiger partial charge is 0.268 e. The fraction of sp³-hybridized carbons (Fsp3) is 0.611. The van der Waals surface area contributed by atoms with Crippen molar-refractivity contribution in [2.24, 2.45) is 0 Å². The molecule has 1 fully saturated rings. The zero-order chi connectivity index (χ0) is 17.3. The van der Waals surface area contributed by atoms with E-state index >= 15 is 0 Å². The first kappa shape index (κ1) is 17.1. The molecule has 0 atom stereocenters. The number of thiazole rings is 1. The minimum absolute atomic E-state index is 0.0400. The molecular formula is C18H26N4OS. The quantitative estimate of drug-likeness (QED) is 0.876. The third-order valence-corrected chi connectivity index (χ3v) is 5.89. The van der Waals surface area contributed by atoms with Gasteiger partial charge in [0.15, 0.2) is 5.82 Å². The first-order valence-corrected chi connectivity index (χ1v) is 9.49. The van der Waals surface area contributed by atoms with Crippen molar-refractivity contribution >= 4 is 23.1 Å². The summed E-state index contributed by atoms with van der Waals surface area (Å²) in [5, 5.41) is 8.54. The number of aromatic nitrogens is 3. The van der Waals surface area contributed by atoms with E-state index in [1.54, 1.807) is 6.20 Å². The molecule has 24 heavy (non-hydrogen) atoms. The van der Waals surface area contributed by atoms with Crippen LogP contribution >= 0.6 is 11.3 Å². The molecular weight excluding hydrogens is 320 g/mol. The minimum Gasteiger partial charge on any atom is -0.304 e. The summed E-state index contributed by atoms with van der Waals surface area (Å²) in [6.07, 6.45) is 9.93. The van der Waals surface area contributed by atoms with E-state index in [1.165, 1.54) is 43.4 Å². The predicted molar refractivity (Wildman–Crippen MR) is 97.9 cm³/mol. The molecule has 3 rings (SSSR count). The summed E-state index contributed by atoms with van der Waals surface area (Å²) in [6.45, 7) is 8.30. The van der Waals surface area contributed by atoms with Crippen molar-refractivity contribution in [1.82, 2.24) is 14.8 Å².